The Morgan fingerprint density at radius 1 is 1.31 bits per heavy atom. The lowest BCUT2D eigenvalue weighted by atomic mass is 10.0. The summed E-state index contributed by atoms with van der Waals surface area (Å²) < 4.78 is 10.1. The van der Waals surface area contributed by atoms with Crippen molar-refractivity contribution in [2.75, 3.05) is 34.0 Å². The monoisotopic (exact) mass is 187 g/mol. The van der Waals surface area contributed by atoms with Crippen molar-refractivity contribution in [1.29, 1.82) is 0 Å². The lowest BCUT2D eigenvalue weighted by Crippen LogP contribution is -2.25. The van der Waals surface area contributed by atoms with Crippen LogP contribution in [0, 0.1) is 5.92 Å². The maximum atomic E-state index is 5.11. The summed E-state index contributed by atoms with van der Waals surface area (Å²) in [6.07, 6.45) is 3.72. The van der Waals surface area contributed by atoms with Crippen molar-refractivity contribution >= 4 is 0 Å². The fraction of sp³-hybridized carbons (Fsp3) is 1.00. The van der Waals surface area contributed by atoms with E-state index in [9.17, 15) is 0 Å². The van der Waals surface area contributed by atoms with Gasteiger partial charge in [0.2, 0.25) is 0 Å². The number of methoxy groups -OCH3 is 2. The molecule has 0 saturated carbocycles. The van der Waals surface area contributed by atoms with Crippen LogP contribution in [0.25, 0.3) is 0 Å². The molecule has 1 aliphatic heterocycles. The van der Waals surface area contributed by atoms with Crippen LogP contribution in [0.4, 0.5) is 0 Å². The summed E-state index contributed by atoms with van der Waals surface area (Å²) in [6.45, 7) is 2.89. The molecule has 0 radical (unpaired) electrons. The molecule has 3 nitrogen and oxygen atoms in total. The van der Waals surface area contributed by atoms with E-state index in [1.54, 1.807) is 14.2 Å². The van der Waals surface area contributed by atoms with Gasteiger partial charge in [-0.05, 0) is 31.7 Å². The third-order valence-electron chi connectivity index (χ3n) is 2.64. The molecule has 0 aliphatic carbocycles. The standard InChI is InChI=1S/C10H21NO2/c1-12-5-3-4-9-6-10(8-13-2)11-7-9/h9-11H,3-8H2,1-2H3. The zero-order valence-electron chi connectivity index (χ0n) is 8.71. The van der Waals surface area contributed by atoms with Crippen LogP contribution in [0.3, 0.4) is 0 Å². The molecule has 0 aromatic carbocycles. The van der Waals surface area contributed by atoms with E-state index < -0.39 is 0 Å². The number of hydrogen-bond acceptors (Lipinski definition) is 3. The van der Waals surface area contributed by atoms with Gasteiger partial charge in [-0.25, -0.2) is 0 Å². The van der Waals surface area contributed by atoms with Crippen molar-refractivity contribution in [3.8, 4) is 0 Å². The fourth-order valence-corrected chi connectivity index (χ4v) is 1.97. The van der Waals surface area contributed by atoms with Gasteiger partial charge in [0, 0.05) is 26.9 Å². The van der Waals surface area contributed by atoms with Crippen molar-refractivity contribution in [2.45, 2.75) is 25.3 Å². The molecule has 0 aromatic rings. The summed E-state index contributed by atoms with van der Waals surface area (Å²) in [5, 5.41) is 3.47. The first kappa shape index (κ1) is 11.0. The normalized spacial score (nSPS) is 28.2. The lowest BCUT2D eigenvalue weighted by molar-refractivity contribution is 0.170. The smallest absolute Gasteiger partial charge is 0.0615 e. The topological polar surface area (TPSA) is 30.5 Å². The van der Waals surface area contributed by atoms with Crippen LogP contribution in [0.2, 0.25) is 0 Å². The zero-order valence-corrected chi connectivity index (χ0v) is 8.71. The number of nitrogens with one attached hydrogen (secondary N) is 1. The summed E-state index contributed by atoms with van der Waals surface area (Å²) in [7, 11) is 3.53. The van der Waals surface area contributed by atoms with Gasteiger partial charge < -0.3 is 14.8 Å². The molecule has 2 atom stereocenters. The van der Waals surface area contributed by atoms with E-state index in [2.05, 4.69) is 5.32 Å². The molecule has 1 N–H and O–H groups in total. The molecule has 0 aromatic heterocycles. The van der Waals surface area contributed by atoms with Crippen molar-refractivity contribution in [3.63, 3.8) is 0 Å². The molecule has 1 aliphatic rings. The third-order valence-corrected chi connectivity index (χ3v) is 2.64. The molecular weight excluding hydrogens is 166 g/mol. The average molecular weight is 187 g/mol. The van der Waals surface area contributed by atoms with Crippen LogP contribution in [0.1, 0.15) is 19.3 Å². The first-order valence-electron chi connectivity index (χ1n) is 5.08. The molecule has 0 spiro atoms. The first-order chi connectivity index (χ1) is 6.36. The minimum absolute atomic E-state index is 0.581. The summed E-state index contributed by atoms with van der Waals surface area (Å²) in [6, 6.07) is 0.581. The van der Waals surface area contributed by atoms with E-state index >= 15 is 0 Å². The summed E-state index contributed by atoms with van der Waals surface area (Å²) in [5.41, 5.74) is 0. The van der Waals surface area contributed by atoms with Crippen molar-refractivity contribution in [2.24, 2.45) is 5.92 Å². The summed E-state index contributed by atoms with van der Waals surface area (Å²) in [5.74, 6) is 0.829. The van der Waals surface area contributed by atoms with E-state index in [-0.39, 0.29) is 0 Å². The van der Waals surface area contributed by atoms with E-state index in [0.29, 0.717) is 6.04 Å². The van der Waals surface area contributed by atoms with Gasteiger partial charge in [0.1, 0.15) is 0 Å². The van der Waals surface area contributed by atoms with Gasteiger partial charge in [-0.1, -0.05) is 0 Å². The molecule has 1 saturated heterocycles. The van der Waals surface area contributed by atoms with Gasteiger partial charge in [0.05, 0.1) is 6.61 Å². The molecule has 2 unspecified atom stereocenters. The van der Waals surface area contributed by atoms with Gasteiger partial charge >= 0.3 is 0 Å². The van der Waals surface area contributed by atoms with Gasteiger partial charge in [0.15, 0.2) is 0 Å². The molecule has 0 amide bonds. The lowest BCUT2D eigenvalue weighted by Gasteiger charge is -2.08. The molecule has 78 valence electrons. The highest BCUT2D eigenvalue weighted by molar-refractivity contribution is 4.80. The Morgan fingerprint density at radius 2 is 2.15 bits per heavy atom. The highest BCUT2D eigenvalue weighted by Gasteiger charge is 2.22. The maximum absolute atomic E-state index is 5.11. The van der Waals surface area contributed by atoms with E-state index in [0.717, 1.165) is 25.7 Å². The van der Waals surface area contributed by atoms with Crippen molar-refractivity contribution < 1.29 is 9.47 Å². The number of ether oxygens (including phenoxy) is 2. The minimum atomic E-state index is 0.581. The molecule has 0 bridgehead atoms. The second kappa shape index (κ2) is 6.35. The predicted molar refractivity (Wildman–Crippen MR) is 52.9 cm³/mol. The largest absolute Gasteiger partial charge is 0.385 e. The quantitative estimate of drug-likeness (QED) is 0.630. The predicted octanol–water partition coefficient (Wildman–Crippen LogP) is 1.04. The molecular formula is C10H21NO2. The maximum Gasteiger partial charge on any atom is 0.0615 e. The van der Waals surface area contributed by atoms with Crippen LogP contribution in [-0.4, -0.2) is 40.0 Å². The Labute approximate surface area is 80.8 Å². The molecule has 1 fully saturated rings. The Kier molecular flexibility index (Phi) is 5.35. The van der Waals surface area contributed by atoms with Crippen molar-refractivity contribution in [3.05, 3.63) is 0 Å². The van der Waals surface area contributed by atoms with Gasteiger partial charge in [-0.2, -0.15) is 0 Å². The van der Waals surface area contributed by atoms with Gasteiger partial charge in [-0.15, -0.1) is 0 Å². The molecule has 3 heteroatoms. The average Bonchev–Trinajstić information content (AvgIpc) is 2.54. The molecule has 13 heavy (non-hydrogen) atoms. The summed E-state index contributed by atoms with van der Waals surface area (Å²) in [4.78, 5) is 0. The Balaban J connectivity index is 2.03. The van der Waals surface area contributed by atoms with E-state index in [4.69, 9.17) is 9.47 Å². The van der Waals surface area contributed by atoms with Crippen LogP contribution in [0.5, 0.6) is 0 Å². The van der Waals surface area contributed by atoms with Crippen LogP contribution in [0.15, 0.2) is 0 Å². The summed E-state index contributed by atoms with van der Waals surface area (Å²) >= 11 is 0. The van der Waals surface area contributed by atoms with Crippen LogP contribution < -0.4 is 5.32 Å². The minimum Gasteiger partial charge on any atom is -0.385 e. The van der Waals surface area contributed by atoms with Gasteiger partial charge in [0.25, 0.3) is 0 Å². The SMILES string of the molecule is COCCCC1CNC(COC)C1. The molecule has 1 rings (SSSR count). The second-order valence-electron chi connectivity index (χ2n) is 3.80. The number of rotatable bonds is 6. The number of hydrogen-bond donors (Lipinski definition) is 1. The van der Waals surface area contributed by atoms with Crippen LogP contribution >= 0.6 is 0 Å². The van der Waals surface area contributed by atoms with Crippen molar-refractivity contribution in [1.82, 2.24) is 5.32 Å². The highest BCUT2D eigenvalue weighted by atomic mass is 16.5. The fourth-order valence-electron chi connectivity index (χ4n) is 1.97. The molecule has 1 heterocycles. The Hall–Kier alpha value is -0.120. The highest BCUT2D eigenvalue weighted by Crippen LogP contribution is 2.19. The van der Waals surface area contributed by atoms with E-state index in [1.165, 1.54) is 19.3 Å². The third kappa shape index (κ3) is 4.07. The van der Waals surface area contributed by atoms with E-state index in [1.807, 2.05) is 0 Å². The first-order valence-corrected chi connectivity index (χ1v) is 5.08. The zero-order chi connectivity index (χ0) is 9.52. The second-order valence-corrected chi connectivity index (χ2v) is 3.80. The van der Waals surface area contributed by atoms with Crippen LogP contribution in [-0.2, 0) is 9.47 Å². The Bertz CT molecular complexity index is 130. The van der Waals surface area contributed by atoms with Gasteiger partial charge in [-0.3, -0.25) is 0 Å². The Morgan fingerprint density at radius 3 is 2.85 bits per heavy atom.